The molecular weight excluding hydrogens is 348 g/mol. The number of halogens is 1. The van der Waals surface area contributed by atoms with Gasteiger partial charge in [0.25, 0.3) is 5.91 Å². The molecule has 2 aromatic carbocycles. The molecule has 1 amide bonds. The van der Waals surface area contributed by atoms with Gasteiger partial charge < -0.3 is 11.1 Å². The van der Waals surface area contributed by atoms with Crippen molar-refractivity contribution in [1.82, 2.24) is 0 Å². The van der Waals surface area contributed by atoms with Gasteiger partial charge in [0.05, 0.1) is 5.69 Å². The van der Waals surface area contributed by atoms with E-state index in [2.05, 4.69) is 21.2 Å². The predicted octanol–water partition coefficient (Wildman–Crippen LogP) is 3.95. The van der Waals surface area contributed by atoms with Crippen molar-refractivity contribution in [1.29, 1.82) is 0 Å². The number of carbonyl (C=O) groups is 1. The van der Waals surface area contributed by atoms with Gasteiger partial charge in [-0.15, -0.1) is 0 Å². The molecule has 108 valence electrons. The normalized spacial score (nSPS) is 10.2. The molecule has 0 radical (unpaired) electrons. The molecule has 0 aliphatic heterocycles. The number of amides is 1. The standard InChI is InChI=1S/C16H15BrN2OS/c1-9-3-4-10(2)12(7-9)16(20)19-14-6-5-11(15(18)21)8-13(14)17/h3-8H,1-2H3,(H2,18,21)(H,19,20). The molecular formula is C16H15BrN2OS. The fourth-order valence-electron chi connectivity index (χ4n) is 1.94. The molecule has 5 heteroatoms. The number of hydrogen-bond donors (Lipinski definition) is 2. The molecule has 0 unspecified atom stereocenters. The predicted molar refractivity (Wildman–Crippen MR) is 93.9 cm³/mol. The Hall–Kier alpha value is -1.72. The minimum atomic E-state index is -0.139. The highest BCUT2D eigenvalue weighted by Gasteiger charge is 2.11. The zero-order chi connectivity index (χ0) is 15.6. The number of rotatable bonds is 3. The third-order valence-corrected chi connectivity index (χ3v) is 4.03. The van der Waals surface area contributed by atoms with Crippen LogP contribution >= 0.6 is 28.1 Å². The Morgan fingerprint density at radius 1 is 1.19 bits per heavy atom. The number of thiocarbonyl (C=S) groups is 1. The second-order valence-electron chi connectivity index (χ2n) is 4.83. The van der Waals surface area contributed by atoms with Crippen LogP contribution in [0.4, 0.5) is 5.69 Å². The van der Waals surface area contributed by atoms with Gasteiger partial charge in [-0.1, -0.05) is 29.9 Å². The Kier molecular flexibility index (Phi) is 4.75. The Bertz CT molecular complexity index is 728. The lowest BCUT2D eigenvalue weighted by Crippen LogP contribution is -2.15. The van der Waals surface area contributed by atoms with Crippen LogP contribution < -0.4 is 11.1 Å². The average molecular weight is 363 g/mol. The second-order valence-corrected chi connectivity index (χ2v) is 6.13. The van der Waals surface area contributed by atoms with Crippen LogP contribution in [0.2, 0.25) is 0 Å². The molecule has 0 aliphatic rings. The summed E-state index contributed by atoms with van der Waals surface area (Å²) in [7, 11) is 0. The minimum Gasteiger partial charge on any atom is -0.389 e. The van der Waals surface area contributed by atoms with Crippen molar-refractivity contribution < 1.29 is 4.79 Å². The van der Waals surface area contributed by atoms with Crippen LogP contribution in [0.5, 0.6) is 0 Å². The lowest BCUT2D eigenvalue weighted by molar-refractivity contribution is 0.102. The molecule has 0 aliphatic carbocycles. The average Bonchev–Trinajstić information content (AvgIpc) is 2.43. The largest absolute Gasteiger partial charge is 0.389 e. The van der Waals surface area contributed by atoms with E-state index in [0.29, 0.717) is 16.2 Å². The van der Waals surface area contributed by atoms with Crippen LogP contribution in [0.3, 0.4) is 0 Å². The number of anilines is 1. The van der Waals surface area contributed by atoms with Gasteiger partial charge in [-0.3, -0.25) is 4.79 Å². The molecule has 0 saturated carbocycles. The van der Waals surface area contributed by atoms with E-state index >= 15 is 0 Å². The summed E-state index contributed by atoms with van der Waals surface area (Å²) in [6.07, 6.45) is 0. The first-order valence-electron chi connectivity index (χ1n) is 6.36. The Morgan fingerprint density at radius 3 is 2.52 bits per heavy atom. The maximum atomic E-state index is 12.4. The number of hydrogen-bond acceptors (Lipinski definition) is 2. The van der Waals surface area contributed by atoms with E-state index in [4.69, 9.17) is 18.0 Å². The van der Waals surface area contributed by atoms with E-state index in [1.54, 1.807) is 18.2 Å². The lowest BCUT2D eigenvalue weighted by atomic mass is 10.0. The van der Waals surface area contributed by atoms with E-state index in [-0.39, 0.29) is 5.91 Å². The first-order chi connectivity index (χ1) is 9.88. The van der Waals surface area contributed by atoms with Crippen LogP contribution in [-0.4, -0.2) is 10.9 Å². The van der Waals surface area contributed by atoms with Crippen LogP contribution in [-0.2, 0) is 0 Å². The highest BCUT2D eigenvalue weighted by atomic mass is 79.9. The van der Waals surface area contributed by atoms with Crippen LogP contribution in [0.25, 0.3) is 0 Å². The van der Waals surface area contributed by atoms with Gasteiger partial charge in [-0.05, 0) is 59.6 Å². The summed E-state index contributed by atoms with van der Waals surface area (Å²) >= 11 is 8.35. The molecule has 0 fully saturated rings. The van der Waals surface area contributed by atoms with Crippen molar-refractivity contribution in [3.8, 4) is 0 Å². The van der Waals surface area contributed by atoms with Crippen molar-refractivity contribution in [2.75, 3.05) is 5.32 Å². The summed E-state index contributed by atoms with van der Waals surface area (Å²) in [4.78, 5) is 12.7. The number of aryl methyl sites for hydroxylation is 2. The monoisotopic (exact) mass is 362 g/mol. The maximum absolute atomic E-state index is 12.4. The highest BCUT2D eigenvalue weighted by molar-refractivity contribution is 9.10. The minimum absolute atomic E-state index is 0.139. The van der Waals surface area contributed by atoms with E-state index < -0.39 is 0 Å². The molecule has 0 aromatic heterocycles. The van der Waals surface area contributed by atoms with Crippen molar-refractivity contribution in [2.45, 2.75) is 13.8 Å². The Labute approximate surface area is 137 Å². The van der Waals surface area contributed by atoms with Crippen molar-refractivity contribution in [3.05, 3.63) is 63.1 Å². The molecule has 0 bridgehead atoms. The van der Waals surface area contributed by atoms with Crippen molar-refractivity contribution >= 4 is 44.7 Å². The van der Waals surface area contributed by atoms with Gasteiger partial charge in [0.15, 0.2) is 0 Å². The number of benzene rings is 2. The van der Waals surface area contributed by atoms with Gasteiger partial charge in [0.1, 0.15) is 4.99 Å². The van der Waals surface area contributed by atoms with E-state index in [0.717, 1.165) is 21.2 Å². The van der Waals surface area contributed by atoms with Gasteiger partial charge in [0.2, 0.25) is 0 Å². The van der Waals surface area contributed by atoms with Crippen molar-refractivity contribution in [2.24, 2.45) is 5.73 Å². The van der Waals surface area contributed by atoms with Crippen LogP contribution in [0.1, 0.15) is 27.0 Å². The van der Waals surface area contributed by atoms with Crippen LogP contribution in [0.15, 0.2) is 40.9 Å². The van der Waals surface area contributed by atoms with Gasteiger partial charge in [-0.2, -0.15) is 0 Å². The molecule has 0 heterocycles. The molecule has 21 heavy (non-hydrogen) atoms. The fraction of sp³-hybridized carbons (Fsp3) is 0.125. The summed E-state index contributed by atoms with van der Waals surface area (Å²) in [5, 5.41) is 2.89. The second kappa shape index (κ2) is 6.37. The first-order valence-corrected chi connectivity index (χ1v) is 7.56. The topological polar surface area (TPSA) is 55.1 Å². The summed E-state index contributed by atoms with van der Waals surface area (Å²) in [6, 6.07) is 11.2. The summed E-state index contributed by atoms with van der Waals surface area (Å²) < 4.78 is 0.742. The number of carbonyl (C=O) groups excluding carboxylic acids is 1. The Balaban J connectivity index is 2.27. The zero-order valence-electron chi connectivity index (χ0n) is 11.7. The molecule has 3 nitrogen and oxygen atoms in total. The quantitative estimate of drug-likeness (QED) is 0.812. The third-order valence-electron chi connectivity index (χ3n) is 3.14. The molecule has 0 saturated heterocycles. The third kappa shape index (κ3) is 3.68. The van der Waals surface area contributed by atoms with Gasteiger partial charge >= 0.3 is 0 Å². The van der Waals surface area contributed by atoms with Crippen molar-refractivity contribution in [3.63, 3.8) is 0 Å². The van der Waals surface area contributed by atoms with Gasteiger partial charge in [-0.25, -0.2) is 0 Å². The van der Waals surface area contributed by atoms with Gasteiger partial charge in [0, 0.05) is 15.6 Å². The summed E-state index contributed by atoms with van der Waals surface area (Å²) in [6.45, 7) is 3.88. The number of nitrogens with two attached hydrogens (primary N) is 1. The Morgan fingerprint density at radius 2 is 1.90 bits per heavy atom. The first kappa shape index (κ1) is 15.7. The zero-order valence-corrected chi connectivity index (χ0v) is 14.1. The highest BCUT2D eigenvalue weighted by Crippen LogP contribution is 2.24. The summed E-state index contributed by atoms with van der Waals surface area (Å²) in [5.74, 6) is -0.139. The smallest absolute Gasteiger partial charge is 0.255 e. The fourth-order valence-corrected chi connectivity index (χ4v) is 2.54. The molecule has 2 rings (SSSR count). The molecule has 2 aromatic rings. The maximum Gasteiger partial charge on any atom is 0.255 e. The molecule has 3 N–H and O–H groups in total. The summed E-state index contributed by atoms with van der Waals surface area (Å²) in [5.41, 5.74) is 9.67. The van der Waals surface area contributed by atoms with Crippen LogP contribution in [0, 0.1) is 13.8 Å². The number of nitrogens with one attached hydrogen (secondary N) is 1. The van der Waals surface area contributed by atoms with E-state index in [1.165, 1.54) is 0 Å². The van der Waals surface area contributed by atoms with E-state index in [1.807, 2.05) is 32.0 Å². The van der Waals surface area contributed by atoms with E-state index in [9.17, 15) is 4.79 Å². The molecule has 0 spiro atoms. The SMILES string of the molecule is Cc1ccc(C)c(C(=O)Nc2ccc(C(N)=S)cc2Br)c1. The molecule has 0 atom stereocenters. The lowest BCUT2D eigenvalue weighted by Gasteiger charge is -2.11.